The van der Waals surface area contributed by atoms with E-state index >= 15 is 0 Å². The highest BCUT2D eigenvalue weighted by Gasteiger charge is 2.44. The lowest BCUT2D eigenvalue weighted by Gasteiger charge is -2.25. The Bertz CT molecular complexity index is 725. The van der Waals surface area contributed by atoms with Crippen LogP contribution in [0.4, 0.5) is 13.2 Å². The lowest BCUT2D eigenvalue weighted by Crippen LogP contribution is -2.32. The average Bonchev–Trinajstić information content (AvgIpc) is 2.44. The van der Waals surface area contributed by atoms with Gasteiger partial charge in [0.2, 0.25) is 0 Å². The number of carbonyl (C=O) groups is 1. The van der Waals surface area contributed by atoms with Gasteiger partial charge in [-0.15, -0.1) is 0 Å². The van der Waals surface area contributed by atoms with Crippen molar-refractivity contribution in [1.29, 1.82) is 0 Å². The van der Waals surface area contributed by atoms with E-state index < -0.39 is 24.3 Å². The van der Waals surface area contributed by atoms with Gasteiger partial charge in [-0.2, -0.15) is 13.2 Å². The Labute approximate surface area is 118 Å². The molecule has 6 heteroatoms. The quantitative estimate of drug-likeness (QED) is 0.807. The number of methoxy groups -OCH3 is 1. The summed E-state index contributed by atoms with van der Waals surface area (Å²) in [5.74, 6) is -1.68. The minimum atomic E-state index is -4.38. The fraction of sp³-hybridized carbons (Fsp3) is 0.333. The zero-order chi connectivity index (χ0) is 15.2. The molecule has 1 atom stereocenters. The molecule has 1 heterocycles. The molecule has 0 bridgehead atoms. The zero-order valence-corrected chi connectivity index (χ0v) is 11.2. The highest BCUT2D eigenvalue weighted by atomic mass is 19.4. The number of benzene rings is 1. The first-order valence-electron chi connectivity index (χ1n) is 6.46. The molecule has 3 rings (SSSR count). The molecule has 1 aromatic carbocycles. The molecule has 1 aromatic heterocycles. The third kappa shape index (κ3) is 2.34. The number of Topliss-reactive ketones (excluding diaryl/α,β-unsaturated/α-hetero) is 1. The summed E-state index contributed by atoms with van der Waals surface area (Å²) in [6.07, 6.45) is -5.16. The summed E-state index contributed by atoms with van der Waals surface area (Å²) < 4.78 is 43.8. The number of ether oxygens (including phenoxy) is 1. The Balaban J connectivity index is 2.15. The van der Waals surface area contributed by atoms with E-state index in [4.69, 9.17) is 4.74 Å². The number of pyridine rings is 1. The van der Waals surface area contributed by atoms with E-state index in [2.05, 4.69) is 4.98 Å². The van der Waals surface area contributed by atoms with Gasteiger partial charge >= 0.3 is 6.18 Å². The number of halogens is 3. The van der Waals surface area contributed by atoms with Crippen molar-refractivity contribution in [2.45, 2.75) is 19.0 Å². The van der Waals surface area contributed by atoms with Crippen molar-refractivity contribution >= 4 is 16.7 Å². The normalized spacial score (nSPS) is 18.7. The highest BCUT2D eigenvalue weighted by Crippen LogP contribution is 2.38. The van der Waals surface area contributed by atoms with Crippen molar-refractivity contribution in [3.05, 3.63) is 35.5 Å². The number of hydrogen-bond acceptors (Lipinski definition) is 3. The molecule has 3 nitrogen and oxygen atoms in total. The van der Waals surface area contributed by atoms with Crippen molar-refractivity contribution in [2.24, 2.45) is 5.92 Å². The van der Waals surface area contributed by atoms with Crippen LogP contribution in [0, 0.1) is 5.92 Å². The molecule has 21 heavy (non-hydrogen) atoms. The summed E-state index contributed by atoms with van der Waals surface area (Å²) in [7, 11) is 1.47. The molecular weight excluding hydrogens is 283 g/mol. The Hall–Kier alpha value is -2.11. The molecule has 0 saturated carbocycles. The number of fused-ring (bicyclic) bond motifs is 2. The highest BCUT2D eigenvalue weighted by molar-refractivity contribution is 6.01. The Morgan fingerprint density at radius 2 is 2.05 bits per heavy atom. The maximum Gasteiger partial charge on any atom is 0.392 e. The first-order valence-corrected chi connectivity index (χ1v) is 6.46. The summed E-state index contributed by atoms with van der Waals surface area (Å²) in [6.45, 7) is 0. The van der Waals surface area contributed by atoms with Crippen LogP contribution in [0.1, 0.15) is 22.5 Å². The fourth-order valence-electron chi connectivity index (χ4n) is 2.64. The third-order valence-electron chi connectivity index (χ3n) is 3.74. The predicted molar refractivity (Wildman–Crippen MR) is 70.5 cm³/mol. The van der Waals surface area contributed by atoms with Gasteiger partial charge in [0.15, 0.2) is 5.78 Å². The van der Waals surface area contributed by atoms with Crippen molar-refractivity contribution in [1.82, 2.24) is 4.98 Å². The molecule has 0 radical (unpaired) electrons. The number of nitrogens with zero attached hydrogens (tertiary/aromatic N) is 1. The lowest BCUT2D eigenvalue weighted by molar-refractivity contribution is -0.174. The van der Waals surface area contributed by atoms with Crippen LogP contribution in [0.3, 0.4) is 0 Å². The molecule has 0 aliphatic heterocycles. The van der Waals surface area contributed by atoms with E-state index in [9.17, 15) is 18.0 Å². The van der Waals surface area contributed by atoms with Crippen LogP contribution < -0.4 is 4.74 Å². The van der Waals surface area contributed by atoms with Gasteiger partial charge in [0.05, 0.1) is 18.7 Å². The number of ketones is 1. The molecule has 0 fully saturated rings. The van der Waals surface area contributed by atoms with Gasteiger partial charge in [0.1, 0.15) is 11.3 Å². The van der Waals surface area contributed by atoms with Gasteiger partial charge in [0.25, 0.3) is 0 Å². The van der Waals surface area contributed by atoms with Crippen LogP contribution in [0.15, 0.2) is 24.3 Å². The second-order valence-electron chi connectivity index (χ2n) is 5.08. The minimum Gasteiger partial charge on any atom is -0.494 e. The molecule has 0 amide bonds. The van der Waals surface area contributed by atoms with Crippen LogP contribution >= 0.6 is 0 Å². The van der Waals surface area contributed by atoms with Crippen molar-refractivity contribution < 1.29 is 22.7 Å². The third-order valence-corrected chi connectivity index (χ3v) is 3.74. The Morgan fingerprint density at radius 3 is 2.71 bits per heavy atom. The molecule has 1 unspecified atom stereocenters. The smallest absolute Gasteiger partial charge is 0.392 e. The van der Waals surface area contributed by atoms with E-state index in [0.717, 1.165) is 0 Å². The van der Waals surface area contributed by atoms with E-state index in [1.807, 2.05) is 0 Å². The number of alkyl halides is 3. The number of aromatic nitrogens is 1. The lowest BCUT2D eigenvalue weighted by atomic mass is 9.85. The van der Waals surface area contributed by atoms with Crippen LogP contribution in [0.2, 0.25) is 0 Å². The Morgan fingerprint density at radius 1 is 1.29 bits per heavy atom. The summed E-state index contributed by atoms with van der Waals surface area (Å²) >= 11 is 0. The van der Waals surface area contributed by atoms with Gasteiger partial charge in [-0.05, 0) is 12.1 Å². The molecule has 1 aliphatic rings. The zero-order valence-electron chi connectivity index (χ0n) is 11.2. The second-order valence-corrected chi connectivity index (χ2v) is 5.08. The summed E-state index contributed by atoms with van der Waals surface area (Å²) in [5, 5.41) is 0.687. The standard InChI is InChI=1S/C15H12F3NO2/c1-21-13-4-2-3-8-5-10-11(19-14(8)13)6-9(7-12(10)20)15(16,17)18/h2-5,9H,6-7H2,1H3. The predicted octanol–water partition coefficient (Wildman–Crippen LogP) is 3.55. The number of rotatable bonds is 1. The molecule has 110 valence electrons. The van der Waals surface area contributed by atoms with Gasteiger partial charge in [-0.3, -0.25) is 4.79 Å². The largest absolute Gasteiger partial charge is 0.494 e. The van der Waals surface area contributed by atoms with E-state index in [1.54, 1.807) is 24.3 Å². The molecule has 0 N–H and O–H groups in total. The van der Waals surface area contributed by atoms with Crippen LogP contribution in [0.5, 0.6) is 5.75 Å². The second kappa shape index (κ2) is 4.72. The number of carbonyl (C=O) groups excluding carboxylic acids is 1. The van der Waals surface area contributed by atoms with Crippen molar-refractivity contribution in [2.75, 3.05) is 7.11 Å². The number of para-hydroxylation sites is 1. The van der Waals surface area contributed by atoms with Gasteiger partial charge in [-0.1, -0.05) is 12.1 Å². The maximum atomic E-state index is 12.9. The van der Waals surface area contributed by atoms with Crippen molar-refractivity contribution in [3.63, 3.8) is 0 Å². The van der Waals surface area contributed by atoms with Crippen LogP contribution in [-0.2, 0) is 6.42 Å². The Kier molecular flexibility index (Phi) is 3.11. The first-order chi connectivity index (χ1) is 9.90. The minimum absolute atomic E-state index is 0.200. The molecule has 0 saturated heterocycles. The summed E-state index contributed by atoms with van der Waals surface area (Å²) in [6, 6.07) is 6.80. The summed E-state index contributed by atoms with van der Waals surface area (Å²) in [5.41, 5.74) is 0.969. The van der Waals surface area contributed by atoms with E-state index in [-0.39, 0.29) is 17.7 Å². The molecule has 2 aromatic rings. The van der Waals surface area contributed by atoms with Crippen molar-refractivity contribution in [3.8, 4) is 5.75 Å². The molecule has 0 spiro atoms. The van der Waals surface area contributed by atoms with Gasteiger partial charge in [0, 0.05) is 23.8 Å². The summed E-state index contributed by atoms with van der Waals surface area (Å²) in [4.78, 5) is 16.2. The monoisotopic (exact) mass is 295 g/mol. The number of hydrogen-bond donors (Lipinski definition) is 0. The van der Waals surface area contributed by atoms with Crippen LogP contribution in [-0.4, -0.2) is 24.1 Å². The fourth-order valence-corrected chi connectivity index (χ4v) is 2.64. The van der Waals surface area contributed by atoms with Gasteiger partial charge in [-0.25, -0.2) is 4.98 Å². The topological polar surface area (TPSA) is 39.2 Å². The van der Waals surface area contributed by atoms with Gasteiger partial charge < -0.3 is 4.74 Å². The van der Waals surface area contributed by atoms with E-state index in [0.29, 0.717) is 16.7 Å². The first kappa shape index (κ1) is 13.9. The molecule has 1 aliphatic carbocycles. The van der Waals surface area contributed by atoms with E-state index in [1.165, 1.54) is 7.11 Å². The SMILES string of the molecule is COc1cccc2cc3c(nc12)CC(C(F)(F)F)CC3=O. The molecular formula is C15H12F3NO2. The average molecular weight is 295 g/mol. The van der Waals surface area contributed by atoms with Crippen LogP contribution in [0.25, 0.3) is 10.9 Å². The maximum absolute atomic E-state index is 12.9.